The number of hydrogen-bond donors (Lipinski definition) is 2. The summed E-state index contributed by atoms with van der Waals surface area (Å²) in [7, 11) is 0. The Morgan fingerprint density at radius 2 is 2.44 bits per heavy atom. The molecule has 8 heteroatoms. The Kier molecular flexibility index (Phi) is 2.47. The Labute approximate surface area is 102 Å². The lowest BCUT2D eigenvalue weighted by atomic mass is 10.0. The first-order valence-electron chi connectivity index (χ1n) is 5.57. The number of hydrogen-bond acceptors (Lipinski definition) is 5. The van der Waals surface area contributed by atoms with E-state index in [1.54, 1.807) is 17.9 Å². The van der Waals surface area contributed by atoms with Crippen molar-refractivity contribution >= 4 is 11.9 Å². The van der Waals surface area contributed by atoms with Gasteiger partial charge in [0.25, 0.3) is 0 Å². The molecule has 18 heavy (non-hydrogen) atoms. The second-order valence-corrected chi connectivity index (χ2v) is 4.24. The van der Waals surface area contributed by atoms with Crippen molar-refractivity contribution in [3.05, 3.63) is 23.9 Å². The second kappa shape index (κ2) is 4.13. The Balaban J connectivity index is 1.54. The first kappa shape index (κ1) is 10.8. The van der Waals surface area contributed by atoms with E-state index in [9.17, 15) is 4.79 Å². The van der Waals surface area contributed by atoms with Crippen LogP contribution in [0.5, 0.6) is 0 Å². The fourth-order valence-corrected chi connectivity index (χ4v) is 1.84. The monoisotopic (exact) mass is 248 g/mol. The number of rotatable bonds is 2. The lowest BCUT2D eigenvalue weighted by Crippen LogP contribution is -2.50. The third kappa shape index (κ3) is 1.92. The highest BCUT2D eigenvalue weighted by Crippen LogP contribution is 2.24. The van der Waals surface area contributed by atoms with Gasteiger partial charge in [-0.05, 0) is 6.92 Å². The summed E-state index contributed by atoms with van der Waals surface area (Å²) in [5, 5.41) is 12.9. The molecule has 94 valence electrons. The largest absolute Gasteiger partial charge is 0.338 e. The van der Waals surface area contributed by atoms with Gasteiger partial charge in [0, 0.05) is 19.2 Å². The molecule has 1 aliphatic rings. The van der Waals surface area contributed by atoms with Crippen molar-refractivity contribution in [2.24, 2.45) is 0 Å². The topological polar surface area (TPSA) is 99.9 Å². The normalized spacial score (nSPS) is 15.5. The lowest BCUT2D eigenvalue weighted by molar-refractivity contribution is 0.160. The average Bonchev–Trinajstić information content (AvgIpc) is 2.88. The number of aromatic nitrogens is 4. The third-order valence-electron chi connectivity index (χ3n) is 2.85. The molecular formula is C10H12N6O2. The highest BCUT2D eigenvalue weighted by molar-refractivity contribution is 5.88. The second-order valence-electron chi connectivity index (χ2n) is 4.24. The Bertz CT molecular complexity index is 542. The van der Waals surface area contributed by atoms with Gasteiger partial charge in [-0.2, -0.15) is 5.10 Å². The number of nitrogens with zero attached hydrogens (tertiary/aromatic N) is 4. The van der Waals surface area contributed by atoms with Gasteiger partial charge >= 0.3 is 6.03 Å². The molecule has 0 atom stereocenters. The van der Waals surface area contributed by atoms with Crippen molar-refractivity contribution in [2.75, 3.05) is 18.4 Å². The van der Waals surface area contributed by atoms with Crippen LogP contribution in [0.1, 0.15) is 17.4 Å². The van der Waals surface area contributed by atoms with Crippen molar-refractivity contribution in [3.63, 3.8) is 0 Å². The van der Waals surface area contributed by atoms with Crippen molar-refractivity contribution in [1.82, 2.24) is 25.2 Å². The maximum Gasteiger partial charge on any atom is 0.324 e. The molecule has 1 aliphatic heterocycles. The summed E-state index contributed by atoms with van der Waals surface area (Å²) in [6.45, 7) is 3.03. The highest BCUT2D eigenvalue weighted by atomic mass is 16.5. The molecule has 1 saturated heterocycles. The van der Waals surface area contributed by atoms with Crippen LogP contribution < -0.4 is 5.32 Å². The van der Waals surface area contributed by atoms with Crippen LogP contribution in [0.4, 0.5) is 10.7 Å². The molecule has 2 aromatic rings. The van der Waals surface area contributed by atoms with Gasteiger partial charge in [-0.15, -0.1) is 0 Å². The van der Waals surface area contributed by atoms with Gasteiger partial charge < -0.3 is 9.42 Å². The number of aryl methyl sites for hydroxylation is 1. The molecule has 0 bridgehead atoms. The van der Waals surface area contributed by atoms with Crippen LogP contribution in [-0.2, 0) is 0 Å². The van der Waals surface area contributed by atoms with Gasteiger partial charge in [-0.25, -0.2) is 9.78 Å². The first-order chi connectivity index (χ1) is 8.72. The van der Waals surface area contributed by atoms with Gasteiger partial charge in [0.05, 0.1) is 11.6 Å². The molecule has 0 spiro atoms. The first-order valence-corrected chi connectivity index (χ1v) is 5.57. The van der Waals surface area contributed by atoms with Gasteiger partial charge in [0.1, 0.15) is 12.2 Å². The van der Waals surface area contributed by atoms with E-state index < -0.39 is 0 Å². The summed E-state index contributed by atoms with van der Waals surface area (Å²) < 4.78 is 4.92. The minimum atomic E-state index is -0.193. The summed E-state index contributed by atoms with van der Waals surface area (Å²) >= 11 is 0. The number of carbonyl (C=O) groups is 1. The van der Waals surface area contributed by atoms with E-state index in [2.05, 4.69) is 25.7 Å². The molecule has 0 unspecified atom stereocenters. The number of amides is 2. The molecule has 0 aromatic carbocycles. The van der Waals surface area contributed by atoms with E-state index >= 15 is 0 Å². The van der Waals surface area contributed by atoms with E-state index in [1.807, 2.05) is 0 Å². The molecular weight excluding hydrogens is 236 g/mol. The van der Waals surface area contributed by atoms with Gasteiger partial charge in [-0.1, -0.05) is 5.16 Å². The minimum absolute atomic E-state index is 0.193. The number of carbonyl (C=O) groups excluding carboxylic acids is 1. The van der Waals surface area contributed by atoms with E-state index in [-0.39, 0.29) is 11.9 Å². The summed E-state index contributed by atoms with van der Waals surface area (Å²) in [5.74, 6) is 1.41. The number of nitrogens with one attached hydrogen (secondary N) is 2. The summed E-state index contributed by atoms with van der Waals surface area (Å²) in [4.78, 5) is 17.5. The lowest BCUT2D eigenvalue weighted by Gasteiger charge is -2.37. The van der Waals surface area contributed by atoms with Crippen molar-refractivity contribution in [3.8, 4) is 0 Å². The van der Waals surface area contributed by atoms with Crippen LogP contribution in [0.25, 0.3) is 0 Å². The number of H-pyrrole nitrogens is 1. The summed E-state index contributed by atoms with van der Waals surface area (Å²) in [6, 6.07) is 1.48. The smallest absolute Gasteiger partial charge is 0.324 e. The van der Waals surface area contributed by atoms with Crippen molar-refractivity contribution in [2.45, 2.75) is 12.8 Å². The molecule has 8 nitrogen and oxygen atoms in total. The molecule has 0 radical (unpaired) electrons. The third-order valence-corrected chi connectivity index (χ3v) is 2.85. The molecule has 3 rings (SSSR count). The van der Waals surface area contributed by atoms with Crippen LogP contribution in [0.2, 0.25) is 0 Å². The van der Waals surface area contributed by atoms with E-state index in [4.69, 9.17) is 4.52 Å². The number of likely N-dealkylation sites (tertiary alicyclic amines) is 1. The predicted octanol–water partition coefficient (Wildman–Crippen LogP) is 0.732. The highest BCUT2D eigenvalue weighted by Gasteiger charge is 2.33. The Morgan fingerprint density at radius 3 is 3.06 bits per heavy atom. The summed E-state index contributed by atoms with van der Waals surface area (Å²) in [6.07, 6.45) is 1.47. The SMILES string of the molecule is Cc1cc(NC(=O)N2CC(c3ncn[nH]3)C2)on1. The van der Waals surface area contributed by atoms with Crippen LogP contribution in [-0.4, -0.2) is 44.4 Å². The molecule has 2 aromatic heterocycles. The van der Waals surface area contributed by atoms with Gasteiger partial charge in [0.2, 0.25) is 5.88 Å². The maximum absolute atomic E-state index is 11.8. The zero-order valence-corrected chi connectivity index (χ0v) is 9.75. The molecule has 3 heterocycles. The van der Waals surface area contributed by atoms with E-state index in [0.29, 0.717) is 19.0 Å². The Hall–Kier alpha value is -2.38. The standard InChI is InChI=1S/C10H12N6O2/c1-6-2-8(18-15-6)13-10(17)16-3-7(4-16)9-11-5-12-14-9/h2,5,7H,3-4H2,1H3,(H,13,17)(H,11,12,14). The van der Waals surface area contributed by atoms with E-state index in [1.165, 1.54) is 6.33 Å². The zero-order chi connectivity index (χ0) is 12.5. The van der Waals surface area contributed by atoms with Crippen molar-refractivity contribution in [1.29, 1.82) is 0 Å². The fourth-order valence-electron chi connectivity index (χ4n) is 1.84. The number of anilines is 1. The van der Waals surface area contributed by atoms with Gasteiger partial charge in [0.15, 0.2) is 0 Å². The zero-order valence-electron chi connectivity index (χ0n) is 9.75. The average molecular weight is 248 g/mol. The van der Waals surface area contributed by atoms with Crippen LogP contribution >= 0.6 is 0 Å². The number of aromatic amines is 1. The number of urea groups is 1. The maximum atomic E-state index is 11.8. The van der Waals surface area contributed by atoms with Crippen LogP contribution in [0.3, 0.4) is 0 Å². The predicted molar refractivity (Wildman–Crippen MR) is 61.0 cm³/mol. The van der Waals surface area contributed by atoms with Gasteiger partial charge in [-0.3, -0.25) is 10.4 Å². The molecule has 0 aliphatic carbocycles. The molecule has 0 saturated carbocycles. The quantitative estimate of drug-likeness (QED) is 0.816. The fraction of sp³-hybridized carbons (Fsp3) is 0.400. The van der Waals surface area contributed by atoms with Crippen LogP contribution in [0.15, 0.2) is 16.9 Å². The summed E-state index contributed by atoms with van der Waals surface area (Å²) in [5.41, 5.74) is 0.730. The molecule has 2 amide bonds. The molecule has 2 N–H and O–H groups in total. The van der Waals surface area contributed by atoms with E-state index in [0.717, 1.165) is 11.5 Å². The van der Waals surface area contributed by atoms with Crippen LogP contribution in [0, 0.1) is 6.92 Å². The minimum Gasteiger partial charge on any atom is -0.338 e. The Morgan fingerprint density at radius 1 is 1.61 bits per heavy atom. The molecule has 1 fully saturated rings. The van der Waals surface area contributed by atoms with Crippen molar-refractivity contribution < 1.29 is 9.32 Å².